The summed E-state index contributed by atoms with van der Waals surface area (Å²) in [6.07, 6.45) is 1.80. The molecule has 2 N–H and O–H groups in total. The Labute approximate surface area is 130 Å². The van der Waals surface area contributed by atoms with Gasteiger partial charge in [0.1, 0.15) is 25.4 Å². The third-order valence-electron chi connectivity index (χ3n) is 2.14. The molecule has 2 atom stereocenters. The van der Waals surface area contributed by atoms with Crippen LogP contribution in [0, 0.1) is 0 Å². The summed E-state index contributed by atoms with van der Waals surface area (Å²) in [6, 6.07) is -0.806. The van der Waals surface area contributed by atoms with Gasteiger partial charge in [0, 0.05) is 6.42 Å². The Morgan fingerprint density at radius 2 is 2.22 bits per heavy atom. The molecule has 0 aromatic carbocycles. The first-order valence-electron chi connectivity index (χ1n) is 5.44. The normalized spacial score (nSPS) is 18.2. The van der Waals surface area contributed by atoms with E-state index in [1.807, 2.05) is 0 Å². The summed E-state index contributed by atoms with van der Waals surface area (Å²) in [4.78, 5) is 22.4. The van der Waals surface area contributed by atoms with Gasteiger partial charge in [0.2, 0.25) is 0 Å². The van der Waals surface area contributed by atoms with E-state index in [0.717, 1.165) is 0 Å². The van der Waals surface area contributed by atoms with Crippen LogP contribution in [-0.4, -0.2) is 43.9 Å². The van der Waals surface area contributed by atoms with Crippen LogP contribution in [0.2, 0.25) is 0 Å². The molecule has 0 saturated carbocycles. The van der Waals surface area contributed by atoms with Gasteiger partial charge in [-0.15, -0.1) is 0 Å². The molecule has 98 valence electrons. The van der Waals surface area contributed by atoms with Gasteiger partial charge in [-0.1, -0.05) is 12.7 Å². The van der Waals surface area contributed by atoms with Gasteiger partial charge in [0.05, 0.1) is 6.61 Å². The summed E-state index contributed by atoms with van der Waals surface area (Å²) in [5, 5.41) is 0. The van der Waals surface area contributed by atoms with Crippen molar-refractivity contribution in [2.75, 3.05) is 19.8 Å². The van der Waals surface area contributed by atoms with Crippen molar-refractivity contribution in [3.05, 3.63) is 12.7 Å². The third kappa shape index (κ3) is 7.84. The number of carbonyl (C=O) groups excluding carboxylic acids is 2. The van der Waals surface area contributed by atoms with Crippen molar-refractivity contribution in [2.24, 2.45) is 5.73 Å². The van der Waals surface area contributed by atoms with Crippen LogP contribution in [0.3, 0.4) is 0 Å². The van der Waals surface area contributed by atoms with Crippen molar-refractivity contribution in [3.8, 4) is 0 Å². The first kappa shape index (κ1) is 17.6. The van der Waals surface area contributed by atoms with E-state index in [9.17, 15) is 9.59 Å². The second-order valence-corrected chi connectivity index (χ2v) is 3.70. The van der Waals surface area contributed by atoms with E-state index < -0.39 is 12.0 Å². The molecule has 0 radical (unpaired) electrons. The number of rotatable bonds is 8. The second kappa shape index (κ2) is 9.52. The van der Waals surface area contributed by atoms with Crippen molar-refractivity contribution in [2.45, 2.75) is 25.0 Å². The molecule has 1 heterocycles. The fourth-order valence-corrected chi connectivity index (χ4v) is 1.06. The largest absolute Gasteiger partial charge is 1.00 e. The van der Waals surface area contributed by atoms with Crippen LogP contribution < -0.4 is 35.3 Å². The van der Waals surface area contributed by atoms with Gasteiger partial charge in [0.25, 0.3) is 0 Å². The molecule has 6 nitrogen and oxygen atoms in total. The summed E-state index contributed by atoms with van der Waals surface area (Å²) in [6.45, 7) is 4.44. The maximum Gasteiger partial charge on any atom is 1.00 e. The summed E-state index contributed by atoms with van der Waals surface area (Å²) in [7, 11) is 0. The fourth-order valence-electron chi connectivity index (χ4n) is 1.06. The van der Waals surface area contributed by atoms with Gasteiger partial charge < -0.3 is 21.4 Å². The molecule has 18 heavy (non-hydrogen) atoms. The van der Waals surface area contributed by atoms with Crippen molar-refractivity contribution in [1.29, 1.82) is 0 Å². The molecule has 1 fully saturated rings. The van der Waals surface area contributed by atoms with E-state index in [1.165, 1.54) is 6.08 Å². The van der Waals surface area contributed by atoms with Gasteiger partial charge in [-0.2, -0.15) is 0 Å². The van der Waals surface area contributed by atoms with Crippen molar-refractivity contribution in [1.82, 2.24) is 0 Å². The number of hydrogen-bond acceptors (Lipinski definition) is 6. The second-order valence-electron chi connectivity index (χ2n) is 3.70. The Kier molecular flexibility index (Phi) is 9.31. The molecule has 1 saturated heterocycles. The Morgan fingerprint density at radius 1 is 1.56 bits per heavy atom. The Morgan fingerprint density at radius 3 is 2.78 bits per heavy atom. The molecule has 1 aliphatic rings. The van der Waals surface area contributed by atoms with E-state index in [2.05, 4.69) is 6.58 Å². The van der Waals surface area contributed by atoms with E-state index in [-0.39, 0.29) is 69.1 Å². The maximum atomic E-state index is 11.2. The molecular formula is C11H18NNaO5. The molecule has 1 unspecified atom stereocenters. The molecule has 0 aromatic rings. The maximum absolute atomic E-state index is 11.2. The van der Waals surface area contributed by atoms with Crippen molar-refractivity contribution in [3.63, 3.8) is 0 Å². The van der Waals surface area contributed by atoms with Crippen LogP contribution in [0.4, 0.5) is 0 Å². The smallest absolute Gasteiger partial charge is 1.00 e. The topological polar surface area (TPSA) is 91.2 Å². The zero-order valence-corrected chi connectivity index (χ0v) is 12.6. The number of ether oxygens (including phenoxy) is 3. The molecular weight excluding hydrogens is 249 g/mol. The van der Waals surface area contributed by atoms with E-state index in [4.69, 9.17) is 19.9 Å². The van der Waals surface area contributed by atoms with E-state index >= 15 is 0 Å². The van der Waals surface area contributed by atoms with Crippen LogP contribution in [-0.2, 0) is 23.8 Å². The minimum Gasteiger partial charge on any atom is -1.00 e. The number of hydrogen-bond donors (Lipinski definition) is 1. The van der Waals surface area contributed by atoms with Crippen LogP contribution in [0.1, 0.15) is 14.3 Å². The van der Waals surface area contributed by atoms with Gasteiger partial charge in [-0.05, 0) is 6.42 Å². The molecule has 0 bridgehead atoms. The third-order valence-corrected chi connectivity index (χ3v) is 2.14. The van der Waals surface area contributed by atoms with Crippen LogP contribution in [0.15, 0.2) is 12.7 Å². The Hall–Kier alpha value is -0.400. The monoisotopic (exact) mass is 267 g/mol. The SMILES string of the molecule is C=CCOC(=O)[C@@H](N)CCC(=O)OCC1CO1.[H-].[Na+]. The molecule has 1 rings (SSSR count). The Balaban J connectivity index is 0. The number of nitrogens with two attached hydrogens (primary N) is 1. The van der Waals surface area contributed by atoms with Crippen LogP contribution in [0.5, 0.6) is 0 Å². The quantitative estimate of drug-likeness (QED) is 0.216. The molecule has 0 spiro atoms. The van der Waals surface area contributed by atoms with Crippen LogP contribution >= 0.6 is 0 Å². The van der Waals surface area contributed by atoms with Crippen LogP contribution in [0.25, 0.3) is 0 Å². The average molecular weight is 267 g/mol. The summed E-state index contributed by atoms with van der Waals surface area (Å²) in [5.74, 6) is -0.921. The van der Waals surface area contributed by atoms with Gasteiger partial charge in [-0.25, -0.2) is 0 Å². The van der Waals surface area contributed by atoms with Gasteiger partial charge in [0.15, 0.2) is 0 Å². The zero-order chi connectivity index (χ0) is 12.7. The predicted octanol–water partition coefficient (Wildman–Crippen LogP) is -3.12. The minimum atomic E-state index is -0.806. The molecule has 0 aromatic heterocycles. The number of epoxide rings is 1. The first-order chi connectivity index (χ1) is 8.13. The first-order valence-corrected chi connectivity index (χ1v) is 5.44. The average Bonchev–Trinajstić information content (AvgIpc) is 3.14. The van der Waals surface area contributed by atoms with E-state index in [1.54, 1.807) is 0 Å². The molecule has 1 aliphatic heterocycles. The molecule has 0 amide bonds. The summed E-state index contributed by atoms with van der Waals surface area (Å²) < 4.78 is 14.5. The Bertz CT molecular complexity index is 299. The number of carbonyl (C=O) groups is 2. The summed E-state index contributed by atoms with van der Waals surface area (Å²) in [5.41, 5.74) is 5.53. The fraction of sp³-hybridized carbons (Fsp3) is 0.636. The minimum absolute atomic E-state index is 0. The van der Waals surface area contributed by atoms with Gasteiger partial charge in [-0.3, -0.25) is 9.59 Å². The van der Waals surface area contributed by atoms with Crippen molar-refractivity contribution < 1.29 is 54.8 Å². The summed E-state index contributed by atoms with van der Waals surface area (Å²) >= 11 is 0. The standard InChI is InChI=1S/C11H17NO5.Na.H/c1-2-5-15-11(14)9(12)3-4-10(13)17-7-8-6-16-8;;/h2,8-9H,1,3-7,12H2;;/q;+1;-1/t8?,9-;;/m0../s1. The predicted molar refractivity (Wildman–Crippen MR) is 60.2 cm³/mol. The van der Waals surface area contributed by atoms with E-state index in [0.29, 0.717) is 6.61 Å². The molecule has 7 heteroatoms. The molecule has 0 aliphatic carbocycles. The number of esters is 2. The van der Waals surface area contributed by atoms with Crippen molar-refractivity contribution >= 4 is 11.9 Å². The van der Waals surface area contributed by atoms with Gasteiger partial charge >= 0.3 is 41.5 Å². The zero-order valence-electron chi connectivity index (χ0n) is 11.6.